The molecular formula is C24H34N2O6S. The molecule has 2 rings (SSSR count). The SMILES string of the molecule is CCCc1ccc(OCCNC(=O)CCCN(c2cc(OC)ccc2OC)S(C)(=O)=O)cc1. The number of anilines is 1. The van der Waals surface area contributed by atoms with Crippen LogP contribution >= 0.6 is 0 Å². The molecule has 0 bridgehead atoms. The second kappa shape index (κ2) is 12.9. The number of hydrogen-bond acceptors (Lipinski definition) is 6. The first-order chi connectivity index (χ1) is 15.8. The molecule has 0 radical (unpaired) electrons. The molecule has 0 aliphatic carbocycles. The van der Waals surface area contributed by atoms with E-state index in [2.05, 4.69) is 12.2 Å². The summed E-state index contributed by atoms with van der Waals surface area (Å²) in [5, 5.41) is 2.80. The number of rotatable bonds is 14. The highest BCUT2D eigenvalue weighted by atomic mass is 32.2. The summed E-state index contributed by atoms with van der Waals surface area (Å²) in [4.78, 5) is 12.2. The van der Waals surface area contributed by atoms with Gasteiger partial charge in [-0.25, -0.2) is 8.42 Å². The van der Waals surface area contributed by atoms with Crippen LogP contribution in [0.4, 0.5) is 5.69 Å². The van der Waals surface area contributed by atoms with Crippen molar-refractivity contribution in [2.24, 2.45) is 0 Å². The number of sulfonamides is 1. The number of methoxy groups -OCH3 is 2. The molecule has 0 saturated heterocycles. The van der Waals surface area contributed by atoms with Crippen LogP contribution in [0, 0.1) is 0 Å². The molecule has 0 heterocycles. The summed E-state index contributed by atoms with van der Waals surface area (Å²) in [7, 11) is -0.607. The smallest absolute Gasteiger partial charge is 0.232 e. The number of aryl methyl sites for hydroxylation is 1. The average Bonchev–Trinajstić information content (AvgIpc) is 2.79. The van der Waals surface area contributed by atoms with Crippen molar-refractivity contribution in [2.75, 3.05) is 44.5 Å². The van der Waals surface area contributed by atoms with E-state index in [9.17, 15) is 13.2 Å². The summed E-state index contributed by atoms with van der Waals surface area (Å²) in [6.07, 6.45) is 3.79. The molecule has 1 amide bonds. The Morgan fingerprint density at radius 2 is 1.73 bits per heavy atom. The Kier molecular flexibility index (Phi) is 10.3. The van der Waals surface area contributed by atoms with Gasteiger partial charge in [0.15, 0.2) is 0 Å². The van der Waals surface area contributed by atoms with Crippen molar-refractivity contribution in [3.05, 3.63) is 48.0 Å². The van der Waals surface area contributed by atoms with Gasteiger partial charge >= 0.3 is 0 Å². The van der Waals surface area contributed by atoms with Crippen LogP contribution in [0.15, 0.2) is 42.5 Å². The van der Waals surface area contributed by atoms with Crippen LogP contribution in [0.2, 0.25) is 0 Å². The van der Waals surface area contributed by atoms with Crippen molar-refractivity contribution in [2.45, 2.75) is 32.6 Å². The number of ether oxygens (including phenoxy) is 3. The Labute approximate surface area is 196 Å². The third-order valence-electron chi connectivity index (χ3n) is 4.98. The first kappa shape index (κ1) is 26.3. The van der Waals surface area contributed by atoms with Gasteiger partial charge in [0.25, 0.3) is 0 Å². The molecule has 2 aromatic rings. The zero-order valence-corrected chi connectivity index (χ0v) is 20.6. The minimum absolute atomic E-state index is 0.135. The first-order valence-corrected chi connectivity index (χ1v) is 12.8. The summed E-state index contributed by atoms with van der Waals surface area (Å²) in [6, 6.07) is 12.9. The molecule has 0 spiro atoms. The fourth-order valence-electron chi connectivity index (χ4n) is 3.33. The van der Waals surface area contributed by atoms with Gasteiger partial charge < -0.3 is 19.5 Å². The lowest BCUT2D eigenvalue weighted by Gasteiger charge is -2.24. The van der Waals surface area contributed by atoms with Gasteiger partial charge in [0, 0.05) is 19.0 Å². The van der Waals surface area contributed by atoms with Crippen LogP contribution in [-0.2, 0) is 21.2 Å². The predicted molar refractivity (Wildman–Crippen MR) is 130 cm³/mol. The van der Waals surface area contributed by atoms with E-state index >= 15 is 0 Å². The second-order valence-corrected chi connectivity index (χ2v) is 9.48. The van der Waals surface area contributed by atoms with Crippen LogP contribution in [0.3, 0.4) is 0 Å². The zero-order valence-electron chi connectivity index (χ0n) is 19.8. The third kappa shape index (κ3) is 8.49. The van der Waals surface area contributed by atoms with Crippen LogP contribution in [0.1, 0.15) is 31.7 Å². The van der Waals surface area contributed by atoms with E-state index < -0.39 is 10.0 Å². The van der Waals surface area contributed by atoms with Gasteiger partial charge in [0.05, 0.1) is 32.7 Å². The molecule has 0 fully saturated rings. The lowest BCUT2D eigenvalue weighted by atomic mass is 10.1. The van der Waals surface area contributed by atoms with Gasteiger partial charge in [-0.2, -0.15) is 0 Å². The van der Waals surface area contributed by atoms with E-state index in [1.807, 2.05) is 24.3 Å². The number of nitrogens with one attached hydrogen (secondary N) is 1. The molecule has 9 heteroatoms. The van der Waals surface area contributed by atoms with Crippen molar-refractivity contribution in [1.29, 1.82) is 0 Å². The summed E-state index contributed by atoms with van der Waals surface area (Å²) in [5.41, 5.74) is 1.64. The molecule has 0 aliphatic heterocycles. The van der Waals surface area contributed by atoms with Gasteiger partial charge in [-0.1, -0.05) is 25.5 Å². The van der Waals surface area contributed by atoms with Crippen LogP contribution in [-0.4, -0.2) is 54.5 Å². The number of hydrogen-bond donors (Lipinski definition) is 1. The molecule has 8 nitrogen and oxygen atoms in total. The monoisotopic (exact) mass is 478 g/mol. The maximum Gasteiger partial charge on any atom is 0.232 e. The van der Waals surface area contributed by atoms with E-state index in [0.29, 0.717) is 36.8 Å². The first-order valence-electron chi connectivity index (χ1n) is 11.0. The molecule has 0 aromatic heterocycles. The van der Waals surface area contributed by atoms with Gasteiger partial charge in [-0.3, -0.25) is 9.10 Å². The molecule has 182 valence electrons. The van der Waals surface area contributed by atoms with Crippen LogP contribution in [0.25, 0.3) is 0 Å². The second-order valence-electron chi connectivity index (χ2n) is 7.57. The highest BCUT2D eigenvalue weighted by Gasteiger charge is 2.22. The number of nitrogens with zero attached hydrogens (tertiary/aromatic N) is 1. The highest BCUT2D eigenvalue weighted by molar-refractivity contribution is 7.92. The van der Waals surface area contributed by atoms with Crippen molar-refractivity contribution >= 4 is 21.6 Å². The van der Waals surface area contributed by atoms with Gasteiger partial charge in [0.2, 0.25) is 15.9 Å². The van der Waals surface area contributed by atoms with Crippen molar-refractivity contribution in [1.82, 2.24) is 5.32 Å². The van der Waals surface area contributed by atoms with Gasteiger partial charge in [0.1, 0.15) is 23.9 Å². The summed E-state index contributed by atoms with van der Waals surface area (Å²) in [6.45, 7) is 3.00. The van der Waals surface area contributed by atoms with E-state index in [1.165, 1.54) is 24.1 Å². The molecule has 0 saturated carbocycles. The lowest BCUT2D eigenvalue weighted by Crippen LogP contribution is -2.33. The zero-order chi connectivity index (χ0) is 24.3. The molecule has 33 heavy (non-hydrogen) atoms. The maximum atomic E-state index is 12.4. The quantitative estimate of drug-likeness (QED) is 0.418. The Morgan fingerprint density at radius 1 is 1.03 bits per heavy atom. The molecule has 0 atom stereocenters. The van der Waals surface area contributed by atoms with E-state index in [0.717, 1.165) is 24.8 Å². The number of carbonyl (C=O) groups is 1. The fourth-order valence-corrected chi connectivity index (χ4v) is 4.29. The van der Waals surface area contributed by atoms with Crippen LogP contribution in [0.5, 0.6) is 17.2 Å². The summed E-state index contributed by atoms with van der Waals surface area (Å²) >= 11 is 0. The Morgan fingerprint density at radius 3 is 2.33 bits per heavy atom. The Bertz CT molecular complexity index is 993. The molecule has 0 unspecified atom stereocenters. The summed E-state index contributed by atoms with van der Waals surface area (Å²) in [5.74, 6) is 1.52. The standard InChI is InChI=1S/C24H34N2O6S/c1-5-7-19-9-11-20(12-10-19)32-17-15-25-24(27)8-6-16-26(33(4,28)29)22-18-21(30-2)13-14-23(22)31-3/h9-14,18H,5-8,15-17H2,1-4H3,(H,25,27). The molecule has 1 N–H and O–H groups in total. The topological polar surface area (TPSA) is 94.2 Å². The third-order valence-corrected chi connectivity index (χ3v) is 6.16. The number of amides is 1. The highest BCUT2D eigenvalue weighted by Crippen LogP contribution is 2.33. The van der Waals surface area contributed by atoms with Crippen LogP contribution < -0.4 is 23.8 Å². The van der Waals surface area contributed by atoms with E-state index in [4.69, 9.17) is 14.2 Å². The minimum Gasteiger partial charge on any atom is -0.497 e. The lowest BCUT2D eigenvalue weighted by molar-refractivity contribution is -0.121. The van der Waals surface area contributed by atoms with Crippen molar-refractivity contribution in [3.63, 3.8) is 0 Å². The Hall–Kier alpha value is -2.94. The predicted octanol–water partition coefficient (Wildman–Crippen LogP) is 3.40. The maximum absolute atomic E-state index is 12.4. The van der Waals surface area contributed by atoms with E-state index in [1.54, 1.807) is 18.2 Å². The van der Waals surface area contributed by atoms with Gasteiger partial charge in [-0.05, 0) is 42.7 Å². The minimum atomic E-state index is -3.59. The normalized spacial score (nSPS) is 11.0. The number of benzene rings is 2. The van der Waals surface area contributed by atoms with E-state index in [-0.39, 0.29) is 18.9 Å². The van der Waals surface area contributed by atoms with Crippen molar-refractivity contribution < 1.29 is 27.4 Å². The largest absolute Gasteiger partial charge is 0.497 e. The van der Waals surface area contributed by atoms with Crippen molar-refractivity contribution in [3.8, 4) is 17.2 Å². The van der Waals surface area contributed by atoms with Gasteiger partial charge in [-0.15, -0.1) is 0 Å². The fraction of sp³-hybridized carbons (Fsp3) is 0.458. The average molecular weight is 479 g/mol. The molecular weight excluding hydrogens is 444 g/mol. The Balaban J connectivity index is 1.82. The molecule has 0 aliphatic rings. The number of carbonyl (C=O) groups excluding carboxylic acids is 1. The summed E-state index contributed by atoms with van der Waals surface area (Å²) < 4.78 is 42.2. The molecule has 2 aromatic carbocycles.